The average Bonchev–Trinajstić information content (AvgIpc) is 2.25. The molecule has 2 rings (SSSR count). The molecule has 2 N–H and O–H groups in total. The van der Waals surface area contributed by atoms with E-state index in [1.807, 2.05) is 7.05 Å². The number of nitrogens with one attached hydrogen (secondary N) is 2. The van der Waals surface area contributed by atoms with Crippen molar-refractivity contribution >= 4 is 27.6 Å². The molecular weight excluding hydrogens is 268 g/mol. The normalized spacial score (nSPS) is 17.7. The Morgan fingerprint density at radius 2 is 2.06 bits per heavy atom. The number of hydrogen-bond acceptors (Lipinski definition) is 4. The molecule has 16 heavy (non-hydrogen) atoms. The van der Waals surface area contributed by atoms with Crippen molar-refractivity contribution in [1.29, 1.82) is 0 Å². The molecule has 0 aliphatic heterocycles. The fraction of sp³-hybridized carbons (Fsp3) is 0.636. The van der Waals surface area contributed by atoms with E-state index < -0.39 is 0 Å². The molecule has 1 aromatic rings. The summed E-state index contributed by atoms with van der Waals surface area (Å²) in [6, 6.07) is 0. The van der Waals surface area contributed by atoms with Crippen LogP contribution in [-0.2, 0) is 0 Å². The Labute approximate surface area is 104 Å². The van der Waals surface area contributed by atoms with E-state index in [1.54, 1.807) is 6.33 Å². The van der Waals surface area contributed by atoms with Crippen LogP contribution in [0.3, 0.4) is 0 Å². The van der Waals surface area contributed by atoms with Crippen molar-refractivity contribution in [2.75, 3.05) is 17.7 Å². The van der Waals surface area contributed by atoms with Gasteiger partial charge in [0.05, 0.1) is 0 Å². The van der Waals surface area contributed by atoms with Gasteiger partial charge in [-0.05, 0) is 41.6 Å². The van der Waals surface area contributed by atoms with Gasteiger partial charge in [-0.15, -0.1) is 0 Å². The van der Waals surface area contributed by atoms with E-state index in [1.165, 1.54) is 19.3 Å². The van der Waals surface area contributed by atoms with E-state index >= 15 is 0 Å². The lowest BCUT2D eigenvalue weighted by molar-refractivity contribution is 0.268. The van der Waals surface area contributed by atoms with Crippen LogP contribution in [0.2, 0.25) is 0 Å². The van der Waals surface area contributed by atoms with Gasteiger partial charge in [-0.3, -0.25) is 0 Å². The minimum Gasteiger partial charge on any atom is -0.372 e. The first-order valence-electron chi connectivity index (χ1n) is 5.67. The maximum absolute atomic E-state index is 4.29. The number of aromatic nitrogens is 2. The van der Waals surface area contributed by atoms with E-state index in [2.05, 4.69) is 43.5 Å². The first kappa shape index (κ1) is 11.6. The smallest absolute Gasteiger partial charge is 0.146 e. The molecule has 88 valence electrons. The van der Waals surface area contributed by atoms with Crippen LogP contribution in [0.15, 0.2) is 10.8 Å². The Morgan fingerprint density at radius 1 is 1.38 bits per heavy atom. The molecule has 0 amide bonds. The van der Waals surface area contributed by atoms with Gasteiger partial charge in [-0.2, -0.15) is 0 Å². The highest BCUT2D eigenvalue weighted by atomic mass is 79.9. The zero-order valence-corrected chi connectivity index (χ0v) is 11.3. The maximum atomic E-state index is 4.29. The predicted octanol–water partition coefficient (Wildman–Crippen LogP) is 3.03. The highest BCUT2D eigenvalue weighted by Gasteiger charge is 2.35. The summed E-state index contributed by atoms with van der Waals surface area (Å²) in [5.74, 6) is 1.71. The highest BCUT2D eigenvalue weighted by Crippen LogP contribution is 2.39. The minimum atomic E-state index is 0.252. The zero-order chi connectivity index (χ0) is 11.6. The summed E-state index contributed by atoms with van der Waals surface area (Å²) in [7, 11) is 1.86. The van der Waals surface area contributed by atoms with Gasteiger partial charge >= 0.3 is 0 Å². The van der Waals surface area contributed by atoms with Crippen molar-refractivity contribution in [3.8, 4) is 0 Å². The largest absolute Gasteiger partial charge is 0.372 e. The second-order valence-electron chi connectivity index (χ2n) is 4.25. The number of rotatable bonds is 4. The number of hydrogen-bond donors (Lipinski definition) is 2. The van der Waals surface area contributed by atoms with Crippen LogP contribution >= 0.6 is 15.9 Å². The van der Waals surface area contributed by atoms with Crippen molar-refractivity contribution in [1.82, 2.24) is 9.97 Å². The Morgan fingerprint density at radius 3 is 2.56 bits per heavy atom. The Bertz CT molecular complexity index is 371. The third kappa shape index (κ3) is 2.00. The minimum absolute atomic E-state index is 0.252. The zero-order valence-electron chi connectivity index (χ0n) is 9.68. The van der Waals surface area contributed by atoms with Crippen LogP contribution in [0, 0.1) is 0 Å². The van der Waals surface area contributed by atoms with E-state index in [0.29, 0.717) is 0 Å². The van der Waals surface area contributed by atoms with Gasteiger partial charge < -0.3 is 10.6 Å². The third-order valence-electron chi connectivity index (χ3n) is 3.40. The first-order valence-corrected chi connectivity index (χ1v) is 6.46. The van der Waals surface area contributed by atoms with Crippen LogP contribution in [0.5, 0.6) is 0 Å². The van der Waals surface area contributed by atoms with Gasteiger partial charge in [0, 0.05) is 12.6 Å². The molecule has 4 nitrogen and oxygen atoms in total. The molecular formula is C11H17BrN4. The summed E-state index contributed by atoms with van der Waals surface area (Å²) >= 11 is 3.53. The Balaban J connectivity index is 2.21. The van der Waals surface area contributed by atoms with E-state index in [4.69, 9.17) is 0 Å². The fourth-order valence-electron chi connectivity index (χ4n) is 2.05. The third-order valence-corrected chi connectivity index (χ3v) is 4.15. The van der Waals surface area contributed by atoms with Gasteiger partial charge in [-0.1, -0.05) is 6.92 Å². The SMILES string of the molecule is CCC1(Nc2ncnc(NC)c2Br)CCC1. The Kier molecular flexibility index (Phi) is 3.33. The summed E-state index contributed by atoms with van der Waals surface area (Å²) in [6.07, 6.45) is 6.49. The molecule has 1 aliphatic carbocycles. The van der Waals surface area contributed by atoms with Crippen LogP contribution < -0.4 is 10.6 Å². The molecule has 0 radical (unpaired) electrons. The molecule has 1 aromatic heterocycles. The molecule has 0 saturated heterocycles. The van der Waals surface area contributed by atoms with Gasteiger partial charge in [0.1, 0.15) is 22.4 Å². The quantitative estimate of drug-likeness (QED) is 0.892. The summed E-state index contributed by atoms with van der Waals surface area (Å²) in [5, 5.41) is 6.58. The number of halogens is 1. The van der Waals surface area contributed by atoms with Crippen molar-refractivity contribution in [3.63, 3.8) is 0 Å². The van der Waals surface area contributed by atoms with Crippen molar-refractivity contribution in [2.45, 2.75) is 38.1 Å². The standard InChI is InChI=1S/C11H17BrN4/c1-3-11(5-4-6-11)16-10-8(12)9(13-2)14-7-15-10/h7H,3-6H2,1-2H3,(H2,13,14,15,16). The molecule has 1 saturated carbocycles. The highest BCUT2D eigenvalue weighted by molar-refractivity contribution is 9.10. The summed E-state index contributed by atoms with van der Waals surface area (Å²) in [4.78, 5) is 8.44. The van der Waals surface area contributed by atoms with Crippen LogP contribution in [0.25, 0.3) is 0 Å². The van der Waals surface area contributed by atoms with E-state index in [9.17, 15) is 0 Å². The van der Waals surface area contributed by atoms with Crippen LogP contribution in [0.4, 0.5) is 11.6 Å². The maximum Gasteiger partial charge on any atom is 0.146 e. The first-order chi connectivity index (χ1) is 7.71. The summed E-state index contributed by atoms with van der Waals surface area (Å²) < 4.78 is 0.914. The molecule has 1 heterocycles. The molecule has 0 atom stereocenters. The average molecular weight is 285 g/mol. The molecule has 0 spiro atoms. The fourth-order valence-corrected chi connectivity index (χ4v) is 2.56. The molecule has 1 aliphatic rings. The van der Waals surface area contributed by atoms with Gasteiger partial charge in [0.25, 0.3) is 0 Å². The monoisotopic (exact) mass is 284 g/mol. The lowest BCUT2D eigenvalue weighted by Gasteiger charge is -2.42. The number of nitrogens with zero attached hydrogens (tertiary/aromatic N) is 2. The second kappa shape index (κ2) is 4.57. The molecule has 5 heteroatoms. The second-order valence-corrected chi connectivity index (χ2v) is 5.04. The molecule has 0 bridgehead atoms. The summed E-state index contributed by atoms with van der Waals surface area (Å²) in [6.45, 7) is 2.22. The van der Waals surface area contributed by atoms with Gasteiger partial charge in [0.15, 0.2) is 0 Å². The molecule has 1 fully saturated rings. The van der Waals surface area contributed by atoms with Crippen molar-refractivity contribution < 1.29 is 0 Å². The van der Waals surface area contributed by atoms with E-state index in [0.717, 1.165) is 22.5 Å². The molecule has 0 aromatic carbocycles. The lowest BCUT2D eigenvalue weighted by atomic mass is 9.75. The topological polar surface area (TPSA) is 49.8 Å². The van der Waals surface area contributed by atoms with Crippen molar-refractivity contribution in [3.05, 3.63) is 10.8 Å². The van der Waals surface area contributed by atoms with Crippen LogP contribution in [-0.4, -0.2) is 22.6 Å². The summed E-state index contributed by atoms with van der Waals surface area (Å²) in [5.41, 5.74) is 0.252. The van der Waals surface area contributed by atoms with E-state index in [-0.39, 0.29) is 5.54 Å². The van der Waals surface area contributed by atoms with Crippen molar-refractivity contribution in [2.24, 2.45) is 0 Å². The van der Waals surface area contributed by atoms with Crippen LogP contribution in [0.1, 0.15) is 32.6 Å². The lowest BCUT2D eigenvalue weighted by Crippen LogP contribution is -2.44. The van der Waals surface area contributed by atoms with Gasteiger partial charge in [-0.25, -0.2) is 9.97 Å². The number of anilines is 2. The Hall–Kier alpha value is -0.840. The van der Waals surface area contributed by atoms with Gasteiger partial charge in [0.2, 0.25) is 0 Å². The molecule has 0 unspecified atom stereocenters. The predicted molar refractivity (Wildman–Crippen MR) is 69.8 cm³/mol.